The Hall–Kier alpha value is -0.510. The molecule has 0 bridgehead atoms. The summed E-state index contributed by atoms with van der Waals surface area (Å²) in [6.07, 6.45) is 0. The zero-order chi connectivity index (χ0) is 16.4. The number of hydrogen-bond donors (Lipinski definition) is 0. The van der Waals surface area contributed by atoms with Gasteiger partial charge in [0.05, 0.1) is 37.9 Å². The van der Waals surface area contributed by atoms with Crippen LogP contribution >= 0.6 is 15.9 Å². The Morgan fingerprint density at radius 1 is 1.05 bits per heavy atom. The third-order valence-corrected chi connectivity index (χ3v) is 5.75. The molecule has 0 spiro atoms. The highest BCUT2D eigenvalue weighted by atomic mass is 79.9. The molecule has 22 heavy (non-hydrogen) atoms. The first-order valence-corrected chi connectivity index (χ1v) is 9.08. The Morgan fingerprint density at radius 3 is 2.27 bits per heavy atom. The van der Waals surface area contributed by atoms with Crippen molar-refractivity contribution in [2.75, 3.05) is 53.7 Å². The van der Waals surface area contributed by atoms with Crippen molar-refractivity contribution in [3.05, 3.63) is 28.7 Å². The molecule has 1 rings (SSSR count). The van der Waals surface area contributed by atoms with Gasteiger partial charge in [0.2, 0.25) is 10.0 Å². The molecule has 1 aromatic carbocycles. The zero-order valence-corrected chi connectivity index (χ0v) is 15.2. The summed E-state index contributed by atoms with van der Waals surface area (Å²) in [6.45, 7) is 2.55. The average molecular weight is 396 g/mol. The highest BCUT2D eigenvalue weighted by Gasteiger charge is 2.22. The van der Waals surface area contributed by atoms with Crippen LogP contribution in [0.3, 0.4) is 0 Å². The molecule has 6 nitrogen and oxygen atoms in total. The molecule has 0 aromatic heterocycles. The molecule has 0 fully saturated rings. The lowest BCUT2D eigenvalue weighted by Gasteiger charge is -2.18. The van der Waals surface area contributed by atoms with E-state index in [1.807, 2.05) is 0 Å². The number of likely N-dealkylation sites (N-methyl/N-ethyl adjacent to an activating group) is 1. The molecule has 0 aliphatic heterocycles. The number of nitrogens with zero attached hydrogens (tertiary/aromatic N) is 1. The monoisotopic (exact) mass is 395 g/mol. The fourth-order valence-electron chi connectivity index (χ4n) is 1.60. The lowest BCUT2D eigenvalue weighted by molar-refractivity contribution is 0.0236. The molecular weight excluding hydrogens is 374 g/mol. The molecule has 0 atom stereocenters. The standard InChI is InChI=1S/C14H22BrNO5S/c1-16(7-8-20-11-12-21-10-9-19-2)22(17,18)14-6-4-3-5-13(14)15/h3-6H,7-12H2,1-2H3. The van der Waals surface area contributed by atoms with Gasteiger partial charge in [-0.05, 0) is 28.1 Å². The molecule has 0 aliphatic carbocycles. The highest BCUT2D eigenvalue weighted by molar-refractivity contribution is 9.10. The van der Waals surface area contributed by atoms with Crippen molar-refractivity contribution in [2.24, 2.45) is 0 Å². The van der Waals surface area contributed by atoms with E-state index in [4.69, 9.17) is 14.2 Å². The van der Waals surface area contributed by atoms with Gasteiger partial charge >= 0.3 is 0 Å². The van der Waals surface area contributed by atoms with Crippen molar-refractivity contribution >= 4 is 26.0 Å². The quantitative estimate of drug-likeness (QED) is 0.534. The van der Waals surface area contributed by atoms with Crippen LogP contribution in [0.25, 0.3) is 0 Å². The predicted molar refractivity (Wildman–Crippen MR) is 87.5 cm³/mol. The van der Waals surface area contributed by atoms with Gasteiger partial charge in [0.15, 0.2) is 0 Å². The van der Waals surface area contributed by atoms with Crippen LogP contribution in [0.4, 0.5) is 0 Å². The van der Waals surface area contributed by atoms with Crippen molar-refractivity contribution < 1.29 is 22.6 Å². The minimum atomic E-state index is -3.52. The van der Waals surface area contributed by atoms with Gasteiger partial charge in [0.25, 0.3) is 0 Å². The van der Waals surface area contributed by atoms with Crippen LogP contribution < -0.4 is 0 Å². The molecule has 126 valence electrons. The highest BCUT2D eigenvalue weighted by Crippen LogP contribution is 2.23. The zero-order valence-electron chi connectivity index (χ0n) is 12.8. The first kappa shape index (κ1) is 19.5. The summed E-state index contributed by atoms with van der Waals surface area (Å²) in [5.74, 6) is 0. The number of halogens is 1. The second kappa shape index (κ2) is 10.3. The smallest absolute Gasteiger partial charge is 0.244 e. The van der Waals surface area contributed by atoms with Crippen LogP contribution in [0, 0.1) is 0 Å². The van der Waals surface area contributed by atoms with E-state index < -0.39 is 10.0 Å². The van der Waals surface area contributed by atoms with E-state index in [1.54, 1.807) is 31.4 Å². The van der Waals surface area contributed by atoms with Crippen molar-refractivity contribution in [1.82, 2.24) is 4.31 Å². The second-order valence-corrected chi connectivity index (χ2v) is 7.34. The number of sulfonamides is 1. The molecule has 0 amide bonds. The second-order valence-electron chi connectivity index (χ2n) is 4.47. The van der Waals surface area contributed by atoms with Crippen LogP contribution in [0.5, 0.6) is 0 Å². The Balaban J connectivity index is 2.33. The van der Waals surface area contributed by atoms with Crippen molar-refractivity contribution in [3.8, 4) is 0 Å². The van der Waals surface area contributed by atoms with E-state index in [0.717, 1.165) is 0 Å². The van der Waals surface area contributed by atoms with Crippen molar-refractivity contribution in [1.29, 1.82) is 0 Å². The van der Waals surface area contributed by atoms with Crippen LogP contribution in [0.15, 0.2) is 33.6 Å². The van der Waals surface area contributed by atoms with Crippen LogP contribution in [0.2, 0.25) is 0 Å². The summed E-state index contributed by atoms with van der Waals surface area (Å²) in [4.78, 5) is 0.250. The molecule has 0 N–H and O–H groups in total. The first-order valence-electron chi connectivity index (χ1n) is 6.85. The predicted octanol–water partition coefficient (Wildman–Crippen LogP) is 1.75. The molecular formula is C14H22BrNO5S. The van der Waals surface area contributed by atoms with Crippen molar-refractivity contribution in [2.45, 2.75) is 4.90 Å². The van der Waals surface area contributed by atoms with E-state index in [0.29, 0.717) is 37.5 Å². The normalized spacial score (nSPS) is 12.0. The van der Waals surface area contributed by atoms with E-state index in [-0.39, 0.29) is 11.4 Å². The first-order chi connectivity index (χ1) is 10.5. The fourth-order valence-corrected chi connectivity index (χ4v) is 3.71. The molecule has 0 saturated carbocycles. The molecule has 0 saturated heterocycles. The molecule has 0 unspecified atom stereocenters. The van der Waals surface area contributed by atoms with Gasteiger partial charge in [-0.2, -0.15) is 4.31 Å². The number of hydrogen-bond acceptors (Lipinski definition) is 5. The lowest BCUT2D eigenvalue weighted by atomic mass is 10.4. The van der Waals surface area contributed by atoms with Crippen molar-refractivity contribution in [3.63, 3.8) is 0 Å². The summed E-state index contributed by atoms with van der Waals surface area (Å²) in [5.41, 5.74) is 0. The molecule has 0 heterocycles. The number of benzene rings is 1. The largest absolute Gasteiger partial charge is 0.382 e. The maximum Gasteiger partial charge on any atom is 0.244 e. The van der Waals surface area contributed by atoms with E-state index in [9.17, 15) is 8.42 Å². The summed E-state index contributed by atoms with van der Waals surface area (Å²) >= 11 is 3.26. The van der Waals surface area contributed by atoms with Gasteiger partial charge in [-0.15, -0.1) is 0 Å². The lowest BCUT2D eigenvalue weighted by Crippen LogP contribution is -2.30. The topological polar surface area (TPSA) is 65.1 Å². The Morgan fingerprint density at radius 2 is 1.64 bits per heavy atom. The molecule has 8 heteroatoms. The minimum absolute atomic E-state index is 0.250. The Kier molecular flexibility index (Phi) is 9.15. The van der Waals surface area contributed by atoms with Crippen LogP contribution in [-0.4, -0.2) is 66.5 Å². The summed E-state index contributed by atoms with van der Waals surface area (Å²) in [6, 6.07) is 6.74. The van der Waals surface area contributed by atoms with Gasteiger partial charge in [-0.25, -0.2) is 8.42 Å². The minimum Gasteiger partial charge on any atom is -0.382 e. The number of rotatable bonds is 11. The van der Waals surface area contributed by atoms with Crippen LogP contribution in [-0.2, 0) is 24.2 Å². The summed E-state index contributed by atoms with van der Waals surface area (Å²) in [5, 5.41) is 0. The number of ether oxygens (including phenoxy) is 3. The maximum absolute atomic E-state index is 12.4. The van der Waals surface area contributed by atoms with Gasteiger partial charge in [0.1, 0.15) is 0 Å². The van der Waals surface area contributed by atoms with E-state index in [1.165, 1.54) is 11.4 Å². The van der Waals surface area contributed by atoms with Gasteiger partial charge in [-0.1, -0.05) is 12.1 Å². The van der Waals surface area contributed by atoms with Gasteiger partial charge in [0, 0.05) is 25.2 Å². The fraction of sp³-hybridized carbons (Fsp3) is 0.571. The van der Waals surface area contributed by atoms with Crippen LogP contribution in [0.1, 0.15) is 0 Å². The Labute approximate surface area is 140 Å². The third kappa shape index (κ3) is 6.31. The summed E-state index contributed by atoms with van der Waals surface area (Å²) in [7, 11) is -0.368. The SMILES string of the molecule is COCCOCCOCCN(C)S(=O)(=O)c1ccccc1Br. The van der Waals surface area contributed by atoms with Gasteiger partial charge < -0.3 is 14.2 Å². The summed E-state index contributed by atoms with van der Waals surface area (Å²) < 4.78 is 42.1. The maximum atomic E-state index is 12.4. The molecule has 1 aromatic rings. The molecule has 0 radical (unpaired) electrons. The average Bonchev–Trinajstić information content (AvgIpc) is 2.50. The molecule has 0 aliphatic rings. The number of methoxy groups -OCH3 is 1. The third-order valence-electron chi connectivity index (χ3n) is 2.88. The van der Waals surface area contributed by atoms with E-state index in [2.05, 4.69) is 15.9 Å². The Bertz CT molecular complexity index is 538. The van der Waals surface area contributed by atoms with E-state index >= 15 is 0 Å². The van der Waals surface area contributed by atoms with Gasteiger partial charge in [-0.3, -0.25) is 0 Å².